The van der Waals surface area contributed by atoms with Crippen LogP contribution in [0.5, 0.6) is 11.5 Å². The average molecular weight is 431 g/mol. The molecule has 0 bridgehead atoms. The van der Waals surface area contributed by atoms with Crippen molar-refractivity contribution in [2.75, 3.05) is 7.11 Å². The van der Waals surface area contributed by atoms with Gasteiger partial charge in [-0.15, -0.1) is 0 Å². The minimum Gasteiger partial charge on any atom is -0.495 e. The highest BCUT2D eigenvalue weighted by Gasteiger charge is 2.19. The Morgan fingerprint density at radius 1 is 1.15 bits per heavy atom. The summed E-state index contributed by atoms with van der Waals surface area (Å²) < 4.78 is 35.6. The van der Waals surface area contributed by atoms with Crippen LogP contribution in [0.3, 0.4) is 0 Å². The molecule has 2 aromatic carbocycles. The summed E-state index contributed by atoms with van der Waals surface area (Å²) in [7, 11) is -2.50. The molecule has 0 amide bonds. The number of methoxy groups -OCH3 is 1. The zero-order valence-corrected chi connectivity index (χ0v) is 17.6. The Morgan fingerprint density at radius 3 is 2.33 bits per heavy atom. The number of benzene rings is 2. The van der Waals surface area contributed by atoms with Crippen LogP contribution in [0.1, 0.15) is 25.0 Å². The first-order valence-corrected chi connectivity index (χ1v) is 10.2. The SMILES string of the molecule is COc1ccc(C)cc1S(=O)(=O)N/N=C/c1cc(Cl)c(OC(C)C)c(Cl)c1. The van der Waals surface area contributed by atoms with E-state index >= 15 is 0 Å². The first-order valence-electron chi connectivity index (χ1n) is 7.99. The summed E-state index contributed by atoms with van der Waals surface area (Å²) in [6.07, 6.45) is 1.21. The molecular weight excluding hydrogens is 411 g/mol. The first-order chi connectivity index (χ1) is 12.6. The van der Waals surface area contributed by atoms with Crippen LogP contribution >= 0.6 is 23.2 Å². The fraction of sp³-hybridized carbons (Fsp3) is 0.278. The van der Waals surface area contributed by atoms with Crippen molar-refractivity contribution in [3.63, 3.8) is 0 Å². The van der Waals surface area contributed by atoms with Crippen LogP contribution in [-0.4, -0.2) is 27.8 Å². The molecule has 0 aliphatic rings. The third kappa shape index (κ3) is 5.51. The maximum atomic E-state index is 12.5. The summed E-state index contributed by atoms with van der Waals surface area (Å²) in [5.41, 5.74) is 1.29. The van der Waals surface area contributed by atoms with E-state index in [1.165, 1.54) is 19.4 Å². The minimum absolute atomic E-state index is 0.00102. The molecule has 2 aromatic rings. The molecule has 0 heterocycles. The fourth-order valence-corrected chi connectivity index (χ4v) is 3.86. The van der Waals surface area contributed by atoms with Crippen LogP contribution in [0.15, 0.2) is 40.3 Å². The lowest BCUT2D eigenvalue weighted by Gasteiger charge is -2.13. The summed E-state index contributed by atoms with van der Waals surface area (Å²) in [5.74, 6) is 0.597. The number of halogens is 2. The number of hydrogen-bond donors (Lipinski definition) is 1. The van der Waals surface area contributed by atoms with E-state index in [4.69, 9.17) is 32.7 Å². The molecule has 0 saturated carbocycles. The van der Waals surface area contributed by atoms with Gasteiger partial charge in [-0.1, -0.05) is 29.3 Å². The predicted octanol–water partition coefficient (Wildman–Crippen LogP) is 4.41. The number of ether oxygens (including phenoxy) is 2. The van der Waals surface area contributed by atoms with Gasteiger partial charge in [0.25, 0.3) is 10.0 Å². The van der Waals surface area contributed by atoms with Crippen molar-refractivity contribution < 1.29 is 17.9 Å². The summed E-state index contributed by atoms with van der Waals surface area (Å²) in [6.45, 7) is 5.50. The van der Waals surface area contributed by atoms with E-state index in [1.807, 2.05) is 13.8 Å². The highest BCUT2D eigenvalue weighted by Crippen LogP contribution is 2.34. The smallest absolute Gasteiger partial charge is 0.280 e. The van der Waals surface area contributed by atoms with E-state index in [1.54, 1.807) is 31.2 Å². The Labute approximate surface area is 169 Å². The monoisotopic (exact) mass is 430 g/mol. The molecule has 0 unspecified atom stereocenters. The highest BCUT2D eigenvalue weighted by atomic mass is 35.5. The second-order valence-electron chi connectivity index (χ2n) is 5.99. The van der Waals surface area contributed by atoms with Gasteiger partial charge < -0.3 is 9.47 Å². The molecule has 1 N–H and O–H groups in total. The molecular formula is C18H20Cl2N2O4S. The van der Waals surface area contributed by atoms with Crippen LogP contribution in [0.4, 0.5) is 0 Å². The van der Waals surface area contributed by atoms with Crippen molar-refractivity contribution in [2.24, 2.45) is 5.10 Å². The van der Waals surface area contributed by atoms with Crippen LogP contribution in [0, 0.1) is 6.92 Å². The van der Waals surface area contributed by atoms with Crippen LogP contribution in [0.25, 0.3) is 0 Å². The number of rotatable bonds is 7. The van der Waals surface area contributed by atoms with E-state index in [2.05, 4.69) is 9.93 Å². The zero-order chi connectivity index (χ0) is 20.2. The van der Waals surface area contributed by atoms with Crippen molar-refractivity contribution in [1.29, 1.82) is 0 Å². The quantitative estimate of drug-likeness (QED) is 0.521. The summed E-state index contributed by atoms with van der Waals surface area (Å²) in [4.78, 5) is 2.15. The van der Waals surface area contributed by atoms with Crippen LogP contribution in [-0.2, 0) is 10.0 Å². The maximum Gasteiger partial charge on any atom is 0.280 e. The molecule has 0 atom stereocenters. The lowest BCUT2D eigenvalue weighted by molar-refractivity contribution is 0.243. The van der Waals surface area contributed by atoms with Crippen molar-refractivity contribution in [2.45, 2.75) is 31.8 Å². The van der Waals surface area contributed by atoms with E-state index < -0.39 is 10.0 Å². The predicted molar refractivity (Wildman–Crippen MR) is 108 cm³/mol. The molecule has 0 radical (unpaired) electrons. The highest BCUT2D eigenvalue weighted by molar-refractivity contribution is 7.89. The number of nitrogens with one attached hydrogen (secondary N) is 1. The molecule has 0 aliphatic carbocycles. The van der Waals surface area contributed by atoms with Crippen LogP contribution in [0.2, 0.25) is 10.0 Å². The van der Waals surface area contributed by atoms with Gasteiger partial charge in [0, 0.05) is 0 Å². The third-order valence-electron chi connectivity index (χ3n) is 3.37. The van der Waals surface area contributed by atoms with Gasteiger partial charge in [0.1, 0.15) is 10.6 Å². The fourth-order valence-electron chi connectivity index (χ4n) is 2.22. The van der Waals surface area contributed by atoms with E-state index in [9.17, 15) is 8.42 Å². The minimum atomic E-state index is -3.90. The standard InChI is InChI=1S/C18H20Cl2N2O4S/c1-11(2)26-18-14(19)8-13(9-15(18)20)10-21-22-27(23,24)17-7-12(3)5-6-16(17)25-4/h5-11,22H,1-4H3/b21-10+. The second-order valence-corrected chi connectivity index (χ2v) is 8.43. The van der Waals surface area contributed by atoms with Gasteiger partial charge in [-0.05, 0) is 56.2 Å². The molecule has 0 aromatic heterocycles. The van der Waals surface area contributed by atoms with Crippen molar-refractivity contribution in [1.82, 2.24) is 4.83 Å². The Balaban J connectivity index is 2.23. The van der Waals surface area contributed by atoms with Gasteiger partial charge in [-0.3, -0.25) is 0 Å². The van der Waals surface area contributed by atoms with Crippen molar-refractivity contribution in [3.05, 3.63) is 51.5 Å². The van der Waals surface area contributed by atoms with Gasteiger partial charge in [0.2, 0.25) is 0 Å². The molecule has 0 aliphatic heterocycles. The lowest BCUT2D eigenvalue weighted by Crippen LogP contribution is -2.19. The van der Waals surface area contributed by atoms with Gasteiger partial charge >= 0.3 is 0 Å². The number of nitrogens with zero attached hydrogens (tertiary/aromatic N) is 1. The maximum absolute atomic E-state index is 12.5. The van der Waals surface area contributed by atoms with Gasteiger partial charge in [-0.2, -0.15) is 18.4 Å². The van der Waals surface area contributed by atoms with E-state index in [0.29, 0.717) is 21.4 Å². The Kier molecular flexibility index (Phi) is 6.97. The van der Waals surface area contributed by atoms with Gasteiger partial charge in [0.15, 0.2) is 5.75 Å². The normalized spacial score (nSPS) is 11.8. The van der Waals surface area contributed by atoms with Crippen molar-refractivity contribution in [3.8, 4) is 11.5 Å². The zero-order valence-electron chi connectivity index (χ0n) is 15.3. The summed E-state index contributed by atoms with van der Waals surface area (Å²) >= 11 is 12.3. The summed E-state index contributed by atoms with van der Waals surface area (Å²) in [5, 5.41) is 4.40. The van der Waals surface area contributed by atoms with Gasteiger partial charge in [0.05, 0.1) is 29.5 Å². The largest absolute Gasteiger partial charge is 0.495 e. The molecule has 146 valence electrons. The van der Waals surface area contributed by atoms with Crippen molar-refractivity contribution >= 4 is 39.4 Å². The number of sulfonamides is 1. The lowest BCUT2D eigenvalue weighted by atomic mass is 10.2. The number of aryl methyl sites for hydroxylation is 1. The number of hydrazone groups is 1. The Hall–Kier alpha value is -1.96. The molecule has 2 rings (SSSR count). The Bertz CT molecular complexity index is 937. The molecule has 0 fully saturated rings. The first kappa shape index (κ1) is 21.3. The average Bonchev–Trinajstić information content (AvgIpc) is 2.58. The van der Waals surface area contributed by atoms with E-state index in [-0.39, 0.29) is 16.7 Å². The number of hydrogen-bond acceptors (Lipinski definition) is 5. The third-order valence-corrected chi connectivity index (χ3v) is 5.17. The Morgan fingerprint density at radius 2 is 1.78 bits per heavy atom. The molecule has 0 saturated heterocycles. The van der Waals surface area contributed by atoms with Crippen LogP contribution < -0.4 is 14.3 Å². The van der Waals surface area contributed by atoms with E-state index in [0.717, 1.165) is 5.56 Å². The second kappa shape index (κ2) is 8.82. The van der Waals surface area contributed by atoms with Gasteiger partial charge in [-0.25, -0.2) is 0 Å². The molecule has 0 spiro atoms. The molecule has 27 heavy (non-hydrogen) atoms. The summed E-state index contributed by atoms with van der Waals surface area (Å²) in [6, 6.07) is 8.00. The molecule has 9 heteroatoms. The topological polar surface area (TPSA) is 77.0 Å². The molecule has 6 nitrogen and oxygen atoms in total.